The zero-order valence-corrected chi connectivity index (χ0v) is 7.54. The molecule has 0 aliphatic heterocycles. The molecule has 68 valence electrons. The Morgan fingerprint density at radius 1 is 1.77 bits per heavy atom. The van der Waals surface area contributed by atoms with Crippen molar-refractivity contribution in [3.63, 3.8) is 0 Å². The van der Waals surface area contributed by atoms with Crippen molar-refractivity contribution in [3.05, 3.63) is 34.9 Å². The van der Waals surface area contributed by atoms with Gasteiger partial charge in [-0.2, -0.15) is 0 Å². The molecule has 1 rings (SSSR count). The summed E-state index contributed by atoms with van der Waals surface area (Å²) >= 11 is 1.22. The van der Waals surface area contributed by atoms with Gasteiger partial charge in [-0.05, 0) is 0 Å². The van der Waals surface area contributed by atoms with Crippen LogP contribution in [0.15, 0.2) is 24.2 Å². The van der Waals surface area contributed by atoms with Crippen molar-refractivity contribution in [2.75, 3.05) is 0 Å². The first-order valence-corrected chi connectivity index (χ1v) is 4.30. The number of carboxylic acid groups (broad SMARTS) is 1. The first kappa shape index (κ1) is 9.47. The van der Waals surface area contributed by atoms with E-state index in [-0.39, 0.29) is 5.69 Å². The quantitative estimate of drug-likeness (QED) is 0.715. The molecule has 4 nitrogen and oxygen atoms in total. The predicted molar refractivity (Wildman–Crippen MR) is 51.4 cm³/mol. The molecule has 3 N–H and O–H groups in total. The summed E-state index contributed by atoms with van der Waals surface area (Å²) in [6, 6.07) is 0. The maximum Gasteiger partial charge on any atom is 0.355 e. The molecule has 13 heavy (non-hydrogen) atoms. The Morgan fingerprint density at radius 3 is 2.85 bits per heavy atom. The average Bonchev–Trinajstić information content (AvgIpc) is 2.56. The zero-order chi connectivity index (χ0) is 9.84. The molecular formula is C8H8N2O2S. The van der Waals surface area contributed by atoms with E-state index in [0.717, 1.165) is 0 Å². The third kappa shape index (κ3) is 1.94. The van der Waals surface area contributed by atoms with Gasteiger partial charge < -0.3 is 10.8 Å². The lowest BCUT2D eigenvalue weighted by atomic mass is 10.3. The number of aromatic carboxylic acids is 1. The number of rotatable bonds is 3. The van der Waals surface area contributed by atoms with Gasteiger partial charge in [0.2, 0.25) is 0 Å². The summed E-state index contributed by atoms with van der Waals surface area (Å²) in [5.74, 6) is -1.04. The normalized spacial score (nSPS) is 11.2. The van der Waals surface area contributed by atoms with E-state index in [2.05, 4.69) is 11.6 Å². The van der Waals surface area contributed by atoms with Crippen molar-refractivity contribution in [3.8, 4) is 0 Å². The molecule has 1 aromatic heterocycles. The number of carbonyl (C=O) groups is 1. The van der Waals surface area contributed by atoms with Crippen LogP contribution in [0.4, 0.5) is 0 Å². The van der Waals surface area contributed by atoms with Gasteiger partial charge in [0.05, 0.1) is 0 Å². The molecule has 0 radical (unpaired) electrons. The number of thiazole rings is 1. The van der Waals surface area contributed by atoms with Gasteiger partial charge in [-0.1, -0.05) is 12.7 Å². The first-order valence-electron chi connectivity index (χ1n) is 3.42. The average molecular weight is 196 g/mol. The van der Waals surface area contributed by atoms with Crippen molar-refractivity contribution in [2.24, 2.45) is 5.73 Å². The number of carboxylic acids is 1. The van der Waals surface area contributed by atoms with Crippen molar-refractivity contribution in [2.45, 2.75) is 0 Å². The van der Waals surface area contributed by atoms with Gasteiger partial charge in [0, 0.05) is 17.2 Å². The number of hydrogen-bond acceptors (Lipinski definition) is 4. The molecule has 0 amide bonds. The Labute approximate surface area is 79.0 Å². The minimum Gasteiger partial charge on any atom is -0.476 e. The zero-order valence-electron chi connectivity index (χ0n) is 6.73. The van der Waals surface area contributed by atoms with Crippen molar-refractivity contribution < 1.29 is 9.90 Å². The van der Waals surface area contributed by atoms with Crippen molar-refractivity contribution >= 4 is 22.9 Å². The first-order chi connectivity index (χ1) is 6.19. The predicted octanol–water partition coefficient (Wildman–Crippen LogP) is 1.33. The molecule has 0 saturated heterocycles. The molecule has 0 aliphatic carbocycles. The van der Waals surface area contributed by atoms with Crippen LogP contribution < -0.4 is 5.73 Å². The lowest BCUT2D eigenvalue weighted by Gasteiger charge is -1.91. The highest BCUT2D eigenvalue weighted by Gasteiger charge is 2.09. The second-order valence-electron chi connectivity index (χ2n) is 2.17. The monoisotopic (exact) mass is 196 g/mol. The number of nitrogens with zero attached hydrogens (tertiary/aromatic N) is 1. The molecule has 5 heteroatoms. The summed E-state index contributed by atoms with van der Waals surface area (Å²) in [5, 5.41) is 10.6. The van der Waals surface area contributed by atoms with Gasteiger partial charge in [0.25, 0.3) is 0 Å². The standard InChI is InChI=1S/C8H8N2O2S/c1-2-5(3-9)7-10-6(4-13-7)8(11)12/h2-4H,1,9H2,(H,11,12)/b5-3+. The van der Waals surface area contributed by atoms with Gasteiger partial charge in [-0.3, -0.25) is 0 Å². The summed E-state index contributed by atoms with van der Waals surface area (Å²) in [7, 11) is 0. The fourth-order valence-electron chi connectivity index (χ4n) is 0.731. The number of aromatic nitrogens is 1. The van der Waals surface area contributed by atoms with E-state index in [1.54, 1.807) is 0 Å². The van der Waals surface area contributed by atoms with E-state index in [0.29, 0.717) is 10.6 Å². The minimum atomic E-state index is -1.04. The maximum absolute atomic E-state index is 10.5. The number of allylic oxidation sites excluding steroid dienone is 2. The van der Waals surface area contributed by atoms with E-state index in [4.69, 9.17) is 10.8 Å². The largest absolute Gasteiger partial charge is 0.476 e. The molecule has 0 saturated carbocycles. The Balaban J connectivity index is 3.04. The lowest BCUT2D eigenvalue weighted by Crippen LogP contribution is -1.96. The molecule has 1 aromatic rings. The molecule has 0 aliphatic rings. The van der Waals surface area contributed by atoms with E-state index in [9.17, 15) is 4.79 Å². The van der Waals surface area contributed by atoms with Gasteiger partial charge in [0.1, 0.15) is 5.01 Å². The van der Waals surface area contributed by atoms with Crippen LogP contribution in [0.25, 0.3) is 5.57 Å². The maximum atomic E-state index is 10.5. The van der Waals surface area contributed by atoms with Crippen LogP contribution in [0.1, 0.15) is 15.5 Å². The van der Waals surface area contributed by atoms with Crippen LogP contribution in [0, 0.1) is 0 Å². The van der Waals surface area contributed by atoms with E-state index in [1.165, 1.54) is 29.0 Å². The van der Waals surface area contributed by atoms with E-state index < -0.39 is 5.97 Å². The highest BCUT2D eigenvalue weighted by molar-refractivity contribution is 7.11. The Hall–Kier alpha value is -1.62. The van der Waals surface area contributed by atoms with Crippen LogP contribution in [-0.2, 0) is 0 Å². The summed E-state index contributed by atoms with van der Waals surface area (Å²) in [4.78, 5) is 14.3. The third-order valence-corrected chi connectivity index (χ3v) is 2.26. The highest BCUT2D eigenvalue weighted by Crippen LogP contribution is 2.19. The summed E-state index contributed by atoms with van der Waals surface area (Å²) in [5.41, 5.74) is 5.95. The van der Waals surface area contributed by atoms with E-state index in [1.807, 2.05) is 0 Å². The van der Waals surface area contributed by atoms with Crippen LogP contribution in [0.2, 0.25) is 0 Å². The fraction of sp³-hybridized carbons (Fsp3) is 0. The molecule has 0 unspecified atom stereocenters. The number of hydrogen-bond donors (Lipinski definition) is 2. The second kappa shape index (κ2) is 3.86. The third-order valence-electron chi connectivity index (χ3n) is 1.37. The smallest absolute Gasteiger partial charge is 0.355 e. The second-order valence-corrected chi connectivity index (χ2v) is 3.03. The summed E-state index contributed by atoms with van der Waals surface area (Å²) < 4.78 is 0. The molecule has 0 fully saturated rings. The lowest BCUT2D eigenvalue weighted by molar-refractivity contribution is 0.0691. The summed E-state index contributed by atoms with van der Waals surface area (Å²) in [6.45, 7) is 3.53. The molecule has 0 bridgehead atoms. The fourth-order valence-corrected chi connectivity index (χ4v) is 1.55. The van der Waals surface area contributed by atoms with Gasteiger partial charge in [0.15, 0.2) is 5.69 Å². The topological polar surface area (TPSA) is 76.2 Å². The Bertz CT molecular complexity index is 368. The molecule has 0 spiro atoms. The van der Waals surface area contributed by atoms with Gasteiger partial charge in [-0.15, -0.1) is 11.3 Å². The molecular weight excluding hydrogens is 188 g/mol. The molecule has 0 aromatic carbocycles. The van der Waals surface area contributed by atoms with Crippen LogP contribution in [-0.4, -0.2) is 16.1 Å². The Morgan fingerprint density at radius 2 is 2.46 bits per heavy atom. The van der Waals surface area contributed by atoms with Crippen LogP contribution in [0.3, 0.4) is 0 Å². The highest BCUT2D eigenvalue weighted by atomic mass is 32.1. The van der Waals surface area contributed by atoms with Gasteiger partial charge >= 0.3 is 5.97 Å². The van der Waals surface area contributed by atoms with Crippen molar-refractivity contribution in [1.82, 2.24) is 4.98 Å². The Kier molecular flexibility index (Phi) is 2.81. The van der Waals surface area contributed by atoms with Gasteiger partial charge in [-0.25, -0.2) is 9.78 Å². The molecule has 1 heterocycles. The minimum absolute atomic E-state index is 0.0289. The van der Waals surface area contributed by atoms with Crippen molar-refractivity contribution in [1.29, 1.82) is 0 Å². The SMILES string of the molecule is C=C/C(=C\N)c1nc(C(=O)O)cs1. The number of nitrogens with two attached hydrogens (primary N) is 1. The molecule has 0 atom stereocenters. The van der Waals surface area contributed by atoms with E-state index >= 15 is 0 Å². The van der Waals surface area contributed by atoms with Crippen LogP contribution >= 0.6 is 11.3 Å². The van der Waals surface area contributed by atoms with Crippen LogP contribution in [0.5, 0.6) is 0 Å². The summed E-state index contributed by atoms with van der Waals surface area (Å²) in [6.07, 6.45) is 2.88.